The molecule has 8 nitrogen and oxygen atoms in total. The summed E-state index contributed by atoms with van der Waals surface area (Å²) in [5.74, 6) is 1.53. The second kappa shape index (κ2) is 12.1. The lowest BCUT2D eigenvalue weighted by molar-refractivity contribution is 0.102. The molecule has 0 unspecified atom stereocenters. The third-order valence-electron chi connectivity index (χ3n) is 4.05. The molecule has 0 spiro atoms. The molecule has 0 atom stereocenters. The molecule has 30 heavy (non-hydrogen) atoms. The fourth-order valence-corrected chi connectivity index (χ4v) is 2.54. The summed E-state index contributed by atoms with van der Waals surface area (Å²) in [6.07, 6.45) is 0. The maximum atomic E-state index is 12.7. The van der Waals surface area contributed by atoms with Gasteiger partial charge in [0.25, 0.3) is 5.91 Å². The molecule has 0 bridgehead atoms. The molecule has 2 aromatic carbocycles. The lowest BCUT2D eigenvalue weighted by Gasteiger charge is -2.14. The number of nitrogens with zero attached hydrogens (tertiary/aromatic N) is 3. The summed E-state index contributed by atoms with van der Waals surface area (Å²) in [5.41, 5.74) is 7.54. The first kappa shape index (κ1) is 25.4. The first-order chi connectivity index (χ1) is 13.6. The fourth-order valence-electron chi connectivity index (χ4n) is 2.54. The summed E-state index contributed by atoms with van der Waals surface area (Å²) in [4.78, 5) is 19.0. The van der Waals surface area contributed by atoms with Crippen LogP contribution in [-0.2, 0) is 6.54 Å². The number of carbonyl (C=O) groups excluding carboxylic acids is 1. The third-order valence-corrected chi connectivity index (χ3v) is 4.05. The number of anilines is 1. The highest BCUT2D eigenvalue weighted by molar-refractivity contribution is 6.06. The van der Waals surface area contributed by atoms with Crippen LogP contribution in [0, 0.1) is 0 Å². The van der Waals surface area contributed by atoms with E-state index >= 15 is 0 Å². The van der Waals surface area contributed by atoms with Crippen LogP contribution in [0.1, 0.15) is 16.2 Å². The van der Waals surface area contributed by atoms with Crippen LogP contribution < -0.4 is 15.8 Å². The summed E-state index contributed by atoms with van der Waals surface area (Å²) < 4.78 is 5.76. The Morgan fingerprint density at radius 1 is 1.13 bits per heavy atom. The van der Waals surface area contributed by atoms with Gasteiger partial charge >= 0.3 is 0 Å². The SMILES string of the molecule is CN(C)CCOc1ccccc1C(=O)Nc1ccc(-c2n[nH]c(CN)n2)cc1.Cl.Cl. The topological polar surface area (TPSA) is 109 Å². The molecule has 162 valence electrons. The number of H-pyrrole nitrogens is 1. The molecular weight excluding hydrogens is 427 g/mol. The van der Waals surface area contributed by atoms with E-state index in [2.05, 4.69) is 20.5 Å². The maximum Gasteiger partial charge on any atom is 0.259 e. The molecule has 0 aliphatic heterocycles. The van der Waals surface area contributed by atoms with E-state index in [1.54, 1.807) is 24.3 Å². The van der Waals surface area contributed by atoms with Gasteiger partial charge in [-0.25, -0.2) is 4.98 Å². The van der Waals surface area contributed by atoms with Crippen LogP contribution >= 0.6 is 24.8 Å². The van der Waals surface area contributed by atoms with E-state index < -0.39 is 0 Å². The highest BCUT2D eigenvalue weighted by Crippen LogP contribution is 2.22. The zero-order chi connectivity index (χ0) is 19.9. The van der Waals surface area contributed by atoms with Crippen molar-refractivity contribution in [3.05, 3.63) is 59.9 Å². The number of rotatable bonds is 8. The average molecular weight is 453 g/mol. The van der Waals surface area contributed by atoms with Gasteiger partial charge in [0, 0.05) is 17.8 Å². The predicted octanol–water partition coefficient (Wildman–Crippen LogP) is 2.97. The van der Waals surface area contributed by atoms with Gasteiger partial charge < -0.3 is 20.7 Å². The second-order valence-electron chi connectivity index (χ2n) is 6.49. The highest BCUT2D eigenvalue weighted by Gasteiger charge is 2.13. The number of nitrogens with two attached hydrogens (primary N) is 1. The Morgan fingerprint density at radius 3 is 2.47 bits per heavy atom. The van der Waals surface area contributed by atoms with Crippen LogP contribution in [0.5, 0.6) is 5.75 Å². The Morgan fingerprint density at radius 2 is 1.83 bits per heavy atom. The number of para-hydroxylation sites is 1. The number of ether oxygens (including phenoxy) is 1. The number of amides is 1. The van der Waals surface area contributed by atoms with Gasteiger partial charge in [-0.2, -0.15) is 5.10 Å². The monoisotopic (exact) mass is 452 g/mol. The van der Waals surface area contributed by atoms with Crippen molar-refractivity contribution >= 4 is 36.4 Å². The van der Waals surface area contributed by atoms with E-state index in [1.165, 1.54) is 0 Å². The minimum Gasteiger partial charge on any atom is -0.491 e. The minimum absolute atomic E-state index is 0. The van der Waals surface area contributed by atoms with Gasteiger partial charge in [0.2, 0.25) is 0 Å². The van der Waals surface area contributed by atoms with Crippen molar-refractivity contribution in [3.8, 4) is 17.1 Å². The number of halogens is 2. The molecule has 0 saturated heterocycles. The van der Waals surface area contributed by atoms with E-state index in [0.717, 1.165) is 12.1 Å². The van der Waals surface area contributed by atoms with Crippen molar-refractivity contribution in [1.29, 1.82) is 0 Å². The normalized spacial score (nSPS) is 10.1. The Labute approximate surface area is 188 Å². The summed E-state index contributed by atoms with van der Waals surface area (Å²) >= 11 is 0. The molecule has 0 radical (unpaired) electrons. The first-order valence-corrected chi connectivity index (χ1v) is 8.96. The standard InChI is InChI=1S/C20H24N6O2.2ClH/c1-26(2)11-12-28-17-6-4-3-5-16(17)20(27)22-15-9-7-14(8-10-15)19-23-18(13-21)24-25-19;;/h3-10H,11-13,21H2,1-2H3,(H,22,27)(H,23,24,25);2*1H. The quantitative estimate of drug-likeness (QED) is 0.484. The van der Waals surface area contributed by atoms with Crippen LogP contribution in [0.4, 0.5) is 5.69 Å². The summed E-state index contributed by atoms with van der Waals surface area (Å²) in [5, 5.41) is 9.80. The van der Waals surface area contributed by atoms with Crippen molar-refractivity contribution in [2.24, 2.45) is 5.73 Å². The van der Waals surface area contributed by atoms with Gasteiger partial charge in [-0.1, -0.05) is 12.1 Å². The van der Waals surface area contributed by atoms with E-state index in [4.69, 9.17) is 10.5 Å². The third kappa shape index (κ3) is 6.70. The number of benzene rings is 2. The Hall–Kier alpha value is -2.65. The fraction of sp³-hybridized carbons (Fsp3) is 0.250. The molecule has 0 fully saturated rings. The Bertz CT molecular complexity index is 931. The van der Waals surface area contributed by atoms with Gasteiger partial charge in [0.15, 0.2) is 5.82 Å². The number of nitrogens with one attached hydrogen (secondary N) is 2. The number of hydrogen-bond donors (Lipinski definition) is 3. The number of hydrogen-bond acceptors (Lipinski definition) is 6. The smallest absolute Gasteiger partial charge is 0.259 e. The number of likely N-dealkylation sites (N-methyl/N-ethyl adjacent to an activating group) is 1. The molecule has 4 N–H and O–H groups in total. The lowest BCUT2D eigenvalue weighted by Crippen LogP contribution is -2.20. The van der Waals surface area contributed by atoms with Crippen LogP contribution in [0.2, 0.25) is 0 Å². The molecule has 1 amide bonds. The largest absolute Gasteiger partial charge is 0.491 e. The number of aromatic nitrogens is 3. The Kier molecular flexibility index (Phi) is 10.3. The van der Waals surface area contributed by atoms with Gasteiger partial charge in [-0.05, 0) is 50.5 Å². The first-order valence-electron chi connectivity index (χ1n) is 8.96. The van der Waals surface area contributed by atoms with Gasteiger partial charge in [0.1, 0.15) is 18.2 Å². The van der Waals surface area contributed by atoms with Crippen LogP contribution in [-0.4, -0.2) is 53.2 Å². The van der Waals surface area contributed by atoms with Crippen LogP contribution in [0.25, 0.3) is 11.4 Å². The molecule has 3 aromatic rings. The molecule has 0 aliphatic rings. The summed E-state index contributed by atoms with van der Waals surface area (Å²) in [6.45, 7) is 1.58. The molecule has 1 heterocycles. The van der Waals surface area contributed by atoms with Gasteiger partial charge in [0.05, 0.1) is 12.1 Å². The van der Waals surface area contributed by atoms with E-state index in [0.29, 0.717) is 41.8 Å². The molecule has 3 rings (SSSR count). The molecule has 0 aliphatic carbocycles. The Balaban J connectivity index is 0.00000225. The maximum absolute atomic E-state index is 12.7. The second-order valence-corrected chi connectivity index (χ2v) is 6.49. The molecule has 1 aromatic heterocycles. The zero-order valence-corrected chi connectivity index (χ0v) is 18.4. The average Bonchev–Trinajstić information content (AvgIpc) is 3.18. The summed E-state index contributed by atoms with van der Waals surface area (Å²) in [6, 6.07) is 14.5. The summed E-state index contributed by atoms with van der Waals surface area (Å²) in [7, 11) is 3.95. The van der Waals surface area contributed by atoms with E-state index in [-0.39, 0.29) is 30.7 Å². The van der Waals surface area contributed by atoms with Crippen molar-refractivity contribution in [1.82, 2.24) is 20.1 Å². The lowest BCUT2D eigenvalue weighted by atomic mass is 10.1. The van der Waals surface area contributed by atoms with Crippen molar-refractivity contribution in [2.75, 3.05) is 32.6 Å². The van der Waals surface area contributed by atoms with Crippen molar-refractivity contribution in [3.63, 3.8) is 0 Å². The van der Waals surface area contributed by atoms with E-state index in [9.17, 15) is 4.79 Å². The van der Waals surface area contributed by atoms with Gasteiger partial charge in [-0.15, -0.1) is 24.8 Å². The van der Waals surface area contributed by atoms with Crippen LogP contribution in [0.15, 0.2) is 48.5 Å². The number of aromatic amines is 1. The van der Waals surface area contributed by atoms with Crippen LogP contribution in [0.3, 0.4) is 0 Å². The van der Waals surface area contributed by atoms with E-state index in [1.807, 2.05) is 43.3 Å². The minimum atomic E-state index is -0.225. The van der Waals surface area contributed by atoms with Crippen molar-refractivity contribution < 1.29 is 9.53 Å². The van der Waals surface area contributed by atoms with Gasteiger partial charge in [-0.3, -0.25) is 9.89 Å². The molecular formula is C20H26Cl2N6O2. The zero-order valence-electron chi connectivity index (χ0n) is 16.8. The van der Waals surface area contributed by atoms with Crippen molar-refractivity contribution in [2.45, 2.75) is 6.54 Å². The molecule has 0 saturated carbocycles. The number of carbonyl (C=O) groups is 1. The predicted molar refractivity (Wildman–Crippen MR) is 123 cm³/mol. The highest BCUT2D eigenvalue weighted by atomic mass is 35.5. The molecule has 10 heteroatoms.